The molecule has 2 amide bonds. The van der Waals surface area contributed by atoms with Gasteiger partial charge in [0, 0.05) is 32.7 Å². The van der Waals surface area contributed by atoms with Crippen LogP contribution in [-0.2, 0) is 20.7 Å². The second-order valence-electron chi connectivity index (χ2n) is 7.47. The first kappa shape index (κ1) is 23.4. The number of rotatable bonds is 6. The molecule has 2 heterocycles. The molecule has 0 aliphatic carbocycles. The lowest BCUT2D eigenvalue weighted by Gasteiger charge is -2.36. The molecule has 1 aromatic carbocycles. The van der Waals surface area contributed by atoms with Crippen LogP contribution >= 0.6 is 12.4 Å². The van der Waals surface area contributed by atoms with Gasteiger partial charge in [0.25, 0.3) is 11.8 Å². The molecule has 7 nitrogen and oxygen atoms in total. The molecule has 8 heteroatoms. The molecule has 3 atom stereocenters. The minimum Gasteiger partial charge on any atom is -0.481 e. The van der Waals surface area contributed by atoms with Crippen molar-refractivity contribution >= 4 is 24.2 Å². The van der Waals surface area contributed by atoms with Gasteiger partial charge >= 0.3 is 0 Å². The molecule has 2 N–H and O–H groups in total. The fourth-order valence-corrected chi connectivity index (χ4v) is 3.73. The van der Waals surface area contributed by atoms with Crippen molar-refractivity contribution in [1.29, 1.82) is 0 Å². The van der Waals surface area contributed by atoms with Crippen LogP contribution in [0.15, 0.2) is 24.3 Å². The number of halogens is 1. The average molecular weight is 426 g/mol. The number of carbonyl (C=O) groups is 2. The van der Waals surface area contributed by atoms with E-state index < -0.39 is 6.10 Å². The minimum absolute atomic E-state index is 0. The highest BCUT2D eigenvalue weighted by Crippen LogP contribution is 2.21. The molecule has 0 saturated carbocycles. The van der Waals surface area contributed by atoms with Crippen molar-refractivity contribution in [3.63, 3.8) is 0 Å². The van der Waals surface area contributed by atoms with Gasteiger partial charge in [-0.25, -0.2) is 0 Å². The van der Waals surface area contributed by atoms with Crippen molar-refractivity contribution in [3.8, 4) is 5.75 Å². The summed E-state index contributed by atoms with van der Waals surface area (Å²) in [5, 5.41) is 0. The lowest BCUT2D eigenvalue weighted by atomic mass is 10.1. The van der Waals surface area contributed by atoms with E-state index in [9.17, 15) is 9.59 Å². The van der Waals surface area contributed by atoms with Crippen LogP contribution in [0, 0.1) is 0 Å². The van der Waals surface area contributed by atoms with Crippen molar-refractivity contribution in [3.05, 3.63) is 29.8 Å². The molecule has 162 valence electrons. The highest BCUT2D eigenvalue weighted by Gasteiger charge is 2.35. The van der Waals surface area contributed by atoms with E-state index in [0.29, 0.717) is 38.5 Å². The SMILES string of the molecule is CCc1ccc(OC(C)C(=O)N2CCN(C(=O)[C@@H]3CC[C@H](CN)O3)CC2)cc1.Cl. The number of aryl methyl sites for hydroxylation is 1. The largest absolute Gasteiger partial charge is 0.481 e. The number of nitrogens with two attached hydrogens (primary N) is 1. The molecule has 0 aromatic heterocycles. The standard InChI is InChI=1S/C21H31N3O4.ClH/c1-3-16-4-6-17(7-5-16)27-15(2)20(25)23-10-12-24(13-11-23)21(26)19-9-8-18(14-22)28-19;/h4-7,15,18-19H,3,8-14,22H2,1-2H3;1H/t15?,18-,19+;/m1./s1. The molecule has 0 bridgehead atoms. The number of benzene rings is 1. The maximum atomic E-state index is 12.7. The van der Waals surface area contributed by atoms with Crippen LogP contribution in [0.25, 0.3) is 0 Å². The van der Waals surface area contributed by atoms with Crippen molar-refractivity contribution < 1.29 is 19.1 Å². The fraction of sp³-hybridized carbons (Fsp3) is 0.619. The Labute approximate surface area is 178 Å². The molecule has 2 aliphatic heterocycles. The Morgan fingerprint density at radius 2 is 1.76 bits per heavy atom. The number of hydrogen-bond donors (Lipinski definition) is 1. The van der Waals surface area contributed by atoms with E-state index >= 15 is 0 Å². The lowest BCUT2D eigenvalue weighted by molar-refractivity contribution is -0.149. The molecule has 1 aromatic rings. The highest BCUT2D eigenvalue weighted by atomic mass is 35.5. The Balaban J connectivity index is 0.00000300. The number of carbonyl (C=O) groups excluding carboxylic acids is 2. The van der Waals surface area contributed by atoms with Crippen LogP contribution in [0.2, 0.25) is 0 Å². The molecule has 1 unspecified atom stereocenters. The van der Waals surface area contributed by atoms with Crippen molar-refractivity contribution in [2.24, 2.45) is 5.73 Å². The van der Waals surface area contributed by atoms with Crippen LogP contribution in [-0.4, -0.2) is 72.6 Å². The number of piperazine rings is 1. The van der Waals surface area contributed by atoms with Gasteiger partial charge in [-0.3, -0.25) is 9.59 Å². The molecule has 0 spiro atoms. The predicted molar refractivity (Wildman–Crippen MR) is 113 cm³/mol. The van der Waals surface area contributed by atoms with Crippen molar-refractivity contribution in [2.75, 3.05) is 32.7 Å². The summed E-state index contributed by atoms with van der Waals surface area (Å²) in [6.45, 7) is 6.39. The number of amides is 2. The normalized spacial score (nSPS) is 22.7. The van der Waals surface area contributed by atoms with E-state index in [2.05, 4.69) is 6.92 Å². The van der Waals surface area contributed by atoms with Gasteiger partial charge in [-0.15, -0.1) is 12.4 Å². The van der Waals surface area contributed by atoms with Gasteiger partial charge in [0.2, 0.25) is 0 Å². The van der Waals surface area contributed by atoms with E-state index in [1.807, 2.05) is 24.3 Å². The number of ether oxygens (including phenoxy) is 2. The molecule has 2 fully saturated rings. The third-order valence-corrected chi connectivity index (χ3v) is 5.54. The second kappa shape index (κ2) is 10.8. The Hall–Kier alpha value is -1.83. The van der Waals surface area contributed by atoms with Gasteiger partial charge in [0.1, 0.15) is 11.9 Å². The van der Waals surface area contributed by atoms with Gasteiger partial charge in [0.05, 0.1) is 6.10 Å². The third kappa shape index (κ3) is 5.84. The maximum Gasteiger partial charge on any atom is 0.263 e. The summed E-state index contributed by atoms with van der Waals surface area (Å²) in [5.74, 6) is 0.662. The predicted octanol–water partition coefficient (Wildman–Crippen LogP) is 1.62. The summed E-state index contributed by atoms with van der Waals surface area (Å²) >= 11 is 0. The molecule has 0 radical (unpaired) electrons. The fourth-order valence-electron chi connectivity index (χ4n) is 3.73. The Kier molecular flexibility index (Phi) is 8.74. The van der Waals surface area contributed by atoms with Crippen molar-refractivity contribution in [2.45, 2.75) is 51.4 Å². The van der Waals surface area contributed by atoms with Crippen LogP contribution in [0.4, 0.5) is 0 Å². The zero-order chi connectivity index (χ0) is 20.1. The third-order valence-electron chi connectivity index (χ3n) is 5.54. The molecule has 3 rings (SSSR count). The lowest BCUT2D eigenvalue weighted by Crippen LogP contribution is -2.55. The summed E-state index contributed by atoms with van der Waals surface area (Å²) in [5.41, 5.74) is 6.85. The van der Waals surface area contributed by atoms with Crippen molar-refractivity contribution in [1.82, 2.24) is 9.80 Å². The zero-order valence-electron chi connectivity index (χ0n) is 17.2. The minimum atomic E-state index is -0.557. The quantitative estimate of drug-likeness (QED) is 0.748. The van der Waals surface area contributed by atoms with Gasteiger partial charge < -0.3 is 25.0 Å². The summed E-state index contributed by atoms with van der Waals surface area (Å²) in [4.78, 5) is 28.9. The monoisotopic (exact) mass is 425 g/mol. The van der Waals surface area contributed by atoms with Gasteiger partial charge in [0.15, 0.2) is 6.10 Å². The van der Waals surface area contributed by atoms with Crippen LogP contribution in [0.3, 0.4) is 0 Å². The van der Waals surface area contributed by atoms with Crippen LogP contribution < -0.4 is 10.5 Å². The maximum absolute atomic E-state index is 12.7. The molecular weight excluding hydrogens is 394 g/mol. The van der Waals surface area contributed by atoms with Crippen LogP contribution in [0.1, 0.15) is 32.3 Å². The molecular formula is C21H32ClN3O4. The van der Waals surface area contributed by atoms with E-state index in [1.165, 1.54) is 5.56 Å². The summed E-state index contributed by atoms with van der Waals surface area (Å²) in [7, 11) is 0. The highest BCUT2D eigenvalue weighted by molar-refractivity contribution is 5.85. The topological polar surface area (TPSA) is 85.1 Å². The Morgan fingerprint density at radius 1 is 1.14 bits per heavy atom. The molecule has 29 heavy (non-hydrogen) atoms. The summed E-state index contributed by atoms with van der Waals surface area (Å²) < 4.78 is 11.5. The second-order valence-corrected chi connectivity index (χ2v) is 7.47. The first-order valence-corrected chi connectivity index (χ1v) is 10.2. The van der Waals surface area contributed by atoms with Crippen LogP contribution in [0.5, 0.6) is 5.75 Å². The Bertz CT molecular complexity index is 677. The van der Waals surface area contributed by atoms with Gasteiger partial charge in [-0.2, -0.15) is 0 Å². The summed E-state index contributed by atoms with van der Waals surface area (Å²) in [6.07, 6.45) is 1.57. The summed E-state index contributed by atoms with van der Waals surface area (Å²) in [6, 6.07) is 7.82. The van der Waals surface area contributed by atoms with E-state index in [-0.39, 0.29) is 36.4 Å². The first-order chi connectivity index (χ1) is 13.5. The van der Waals surface area contributed by atoms with Gasteiger partial charge in [-0.05, 0) is 43.9 Å². The average Bonchev–Trinajstić information content (AvgIpc) is 3.22. The Morgan fingerprint density at radius 3 is 2.31 bits per heavy atom. The van der Waals surface area contributed by atoms with E-state index in [4.69, 9.17) is 15.2 Å². The first-order valence-electron chi connectivity index (χ1n) is 10.2. The van der Waals surface area contributed by atoms with E-state index in [1.54, 1.807) is 16.7 Å². The smallest absolute Gasteiger partial charge is 0.263 e. The molecule has 2 saturated heterocycles. The van der Waals surface area contributed by atoms with Gasteiger partial charge in [-0.1, -0.05) is 19.1 Å². The van der Waals surface area contributed by atoms with E-state index in [0.717, 1.165) is 19.3 Å². The zero-order valence-corrected chi connectivity index (χ0v) is 18.0. The number of hydrogen-bond acceptors (Lipinski definition) is 5. The molecule has 2 aliphatic rings. The number of nitrogens with zero attached hydrogens (tertiary/aromatic N) is 2.